The molecule has 0 aliphatic carbocycles. The van der Waals surface area contributed by atoms with Crippen molar-refractivity contribution in [2.45, 2.75) is 46.1 Å². The first-order valence-electron chi connectivity index (χ1n) is 10.9. The molecule has 1 aliphatic heterocycles. The normalized spacial score (nSPS) is 13.1. The van der Waals surface area contributed by atoms with Crippen LogP contribution in [0, 0.1) is 6.92 Å². The number of hydrogen-bond donors (Lipinski definition) is 2. The van der Waals surface area contributed by atoms with Gasteiger partial charge in [-0.3, -0.25) is 10.1 Å². The van der Waals surface area contributed by atoms with Crippen LogP contribution in [0.3, 0.4) is 0 Å². The first kappa shape index (κ1) is 21.5. The lowest BCUT2D eigenvalue weighted by Crippen LogP contribution is -2.15. The number of aryl methyl sites for hydroxylation is 2. The fraction of sp³-hybridized carbons (Fsp3) is 0.333. The van der Waals surface area contributed by atoms with Crippen LogP contribution in [-0.4, -0.2) is 33.4 Å². The van der Waals surface area contributed by atoms with Crippen molar-refractivity contribution in [1.29, 1.82) is 0 Å². The van der Waals surface area contributed by atoms with Crippen molar-refractivity contribution in [3.05, 3.63) is 59.4 Å². The molecule has 0 fully saturated rings. The Kier molecular flexibility index (Phi) is 6.49. The van der Waals surface area contributed by atoms with Crippen LogP contribution >= 0.6 is 0 Å². The lowest BCUT2D eigenvalue weighted by Gasteiger charge is -2.12. The minimum absolute atomic E-state index is 0.266. The average molecular weight is 434 g/mol. The predicted octanol–water partition coefficient (Wildman–Crippen LogP) is 4.80. The summed E-state index contributed by atoms with van der Waals surface area (Å²) in [7, 11) is 0. The van der Waals surface area contributed by atoms with Crippen LogP contribution in [0.25, 0.3) is 11.4 Å². The predicted molar refractivity (Wildman–Crippen MR) is 123 cm³/mol. The zero-order valence-electron chi connectivity index (χ0n) is 18.4. The molecule has 8 nitrogen and oxygen atoms in total. The summed E-state index contributed by atoms with van der Waals surface area (Å²) in [5.41, 5.74) is 3.50. The molecule has 2 amide bonds. The summed E-state index contributed by atoms with van der Waals surface area (Å²) in [5.74, 6) is 1.59. The van der Waals surface area contributed by atoms with Gasteiger partial charge in [-0.15, -0.1) is 10.2 Å². The van der Waals surface area contributed by atoms with E-state index in [9.17, 15) is 9.59 Å². The van der Waals surface area contributed by atoms with E-state index in [4.69, 9.17) is 4.74 Å². The van der Waals surface area contributed by atoms with Gasteiger partial charge in [-0.25, -0.2) is 4.79 Å². The molecule has 0 spiro atoms. The van der Waals surface area contributed by atoms with Gasteiger partial charge in [0.15, 0.2) is 5.82 Å². The number of fused-ring (bicyclic) bond motifs is 1. The van der Waals surface area contributed by atoms with Gasteiger partial charge in [0, 0.05) is 35.5 Å². The number of nitrogens with zero attached hydrogens (tertiary/aromatic N) is 3. The van der Waals surface area contributed by atoms with Crippen molar-refractivity contribution in [2.24, 2.45) is 0 Å². The molecular formula is C24H27N5O3. The average Bonchev–Trinajstić information content (AvgIpc) is 3.03. The first-order chi connectivity index (χ1) is 15.5. The van der Waals surface area contributed by atoms with E-state index in [1.54, 1.807) is 31.2 Å². The summed E-state index contributed by atoms with van der Waals surface area (Å²) in [6.07, 6.45) is 3.84. The second-order valence-corrected chi connectivity index (χ2v) is 7.81. The lowest BCUT2D eigenvalue weighted by atomic mass is 10.1. The number of carbonyl (C=O) groups excluding carboxylic acids is 2. The Morgan fingerprint density at radius 2 is 1.94 bits per heavy atom. The molecule has 0 bridgehead atoms. The number of carbonyl (C=O) groups is 2. The third kappa shape index (κ3) is 4.80. The van der Waals surface area contributed by atoms with Gasteiger partial charge in [0.1, 0.15) is 5.82 Å². The third-order valence-corrected chi connectivity index (χ3v) is 5.50. The number of anilines is 2. The van der Waals surface area contributed by atoms with Crippen molar-refractivity contribution >= 4 is 23.4 Å². The number of ether oxygens (including phenoxy) is 1. The van der Waals surface area contributed by atoms with Gasteiger partial charge in [-0.1, -0.05) is 24.6 Å². The minimum Gasteiger partial charge on any atom is -0.450 e. The molecule has 0 unspecified atom stereocenters. The Morgan fingerprint density at radius 1 is 1.06 bits per heavy atom. The molecule has 0 saturated carbocycles. The maximum atomic E-state index is 12.9. The van der Waals surface area contributed by atoms with Gasteiger partial charge in [0.2, 0.25) is 0 Å². The van der Waals surface area contributed by atoms with Gasteiger partial charge < -0.3 is 14.6 Å². The summed E-state index contributed by atoms with van der Waals surface area (Å²) in [6.45, 7) is 4.86. The lowest BCUT2D eigenvalue weighted by molar-refractivity contribution is 0.102. The monoisotopic (exact) mass is 433 g/mol. The van der Waals surface area contributed by atoms with Gasteiger partial charge in [-0.2, -0.15) is 0 Å². The van der Waals surface area contributed by atoms with E-state index in [2.05, 4.69) is 25.4 Å². The second-order valence-electron chi connectivity index (χ2n) is 7.81. The Bertz CT molecular complexity index is 1140. The van der Waals surface area contributed by atoms with Crippen molar-refractivity contribution in [2.75, 3.05) is 17.2 Å². The van der Waals surface area contributed by atoms with E-state index in [1.165, 1.54) is 6.42 Å². The van der Waals surface area contributed by atoms with Crippen LogP contribution in [-0.2, 0) is 17.7 Å². The Morgan fingerprint density at radius 3 is 2.78 bits per heavy atom. The number of aromatic nitrogens is 3. The third-order valence-electron chi connectivity index (χ3n) is 5.50. The zero-order chi connectivity index (χ0) is 22.5. The smallest absolute Gasteiger partial charge is 0.411 e. The highest BCUT2D eigenvalue weighted by molar-refractivity contribution is 6.05. The molecule has 166 valence electrons. The highest BCUT2D eigenvalue weighted by Crippen LogP contribution is 2.27. The molecule has 1 aromatic heterocycles. The largest absolute Gasteiger partial charge is 0.450 e. The Hall–Kier alpha value is -3.68. The molecule has 0 atom stereocenters. The molecule has 2 heterocycles. The molecular weight excluding hydrogens is 406 g/mol. The topological polar surface area (TPSA) is 98.1 Å². The summed E-state index contributed by atoms with van der Waals surface area (Å²) in [6, 6.07) is 12.7. The molecule has 32 heavy (non-hydrogen) atoms. The van der Waals surface area contributed by atoms with E-state index >= 15 is 0 Å². The van der Waals surface area contributed by atoms with Gasteiger partial charge in [-0.05, 0) is 56.5 Å². The first-order valence-corrected chi connectivity index (χ1v) is 10.9. The van der Waals surface area contributed by atoms with E-state index < -0.39 is 6.09 Å². The summed E-state index contributed by atoms with van der Waals surface area (Å²) in [4.78, 5) is 24.6. The number of nitrogens with one attached hydrogen (secondary N) is 2. The number of hydrogen-bond acceptors (Lipinski definition) is 5. The molecule has 2 aromatic carbocycles. The van der Waals surface area contributed by atoms with Crippen LogP contribution in [0.15, 0.2) is 42.5 Å². The summed E-state index contributed by atoms with van der Waals surface area (Å²) < 4.78 is 7.08. The van der Waals surface area contributed by atoms with E-state index in [1.807, 2.05) is 25.1 Å². The number of benzene rings is 2. The quantitative estimate of drug-likeness (QED) is 0.602. The number of rotatable bonds is 5. The fourth-order valence-corrected chi connectivity index (χ4v) is 3.81. The van der Waals surface area contributed by atoms with E-state index in [0.29, 0.717) is 16.9 Å². The number of amides is 2. The molecule has 3 aromatic rings. The van der Waals surface area contributed by atoms with E-state index in [-0.39, 0.29) is 12.5 Å². The molecule has 2 N–H and O–H groups in total. The van der Waals surface area contributed by atoms with Crippen molar-refractivity contribution in [3.8, 4) is 11.4 Å². The van der Waals surface area contributed by atoms with Gasteiger partial charge in [0.05, 0.1) is 6.61 Å². The van der Waals surface area contributed by atoms with Crippen LogP contribution < -0.4 is 10.6 Å². The summed E-state index contributed by atoms with van der Waals surface area (Å²) >= 11 is 0. The van der Waals surface area contributed by atoms with Crippen molar-refractivity contribution < 1.29 is 14.3 Å². The molecule has 0 radical (unpaired) electrons. The van der Waals surface area contributed by atoms with Crippen LogP contribution in [0.4, 0.5) is 16.2 Å². The van der Waals surface area contributed by atoms with E-state index in [0.717, 1.165) is 48.6 Å². The highest BCUT2D eigenvalue weighted by Gasteiger charge is 2.17. The zero-order valence-corrected chi connectivity index (χ0v) is 18.4. The fourth-order valence-electron chi connectivity index (χ4n) is 3.81. The standard InChI is InChI=1S/C24H27N5O3/c1-3-32-24(31)25-19-9-7-8-18(14-19)23(30)26-20-15-17(12-11-16(20)2)22-28-27-21-10-5-4-6-13-29(21)22/h7-9,11-12,14-15H,3-6,10,13H2,1-2H3,(H,25,31)(H,26,30). The van der Waals surface area contributed by atoms with Crippen LogP contribution in [0.2, 0.25) is 0 Å². The molecule has 0 saturated heterocycles. The van der Waals surface area contributed by atoms with Gasteiger partial charge >= 0.3 is 6.09 Å². The molecule has 8 heteroatoms. The van der Waals surface area contributed by atoms with Crippen LogP contribution in [0.5, 0.6) is 0 Å². The van der Waals surface area contributed by atoms with Crippen molar-refractivity contribution in [3.63, 3.8) is 0 Å². The second kappa shape index (κ2) is 9.64. The Balaban J connectivity index is 1.55. The maximum absolute atomic E-state index is 12.9. The molecule has 4 rings (SSSR count). The molecule has 1 aliphatic rings. The highest BCUT2D eigenvalue weighted by atomic mass is 16.5. The minimum atomic E-state index is -0.555. The SMILES string of the molecule is CCOC(=O)Nc1cccc(C(=O)Nc2cc(-c3nnc4n3CCCCC4)ccc2C)c1. The summed E-state index contributed by atoms with van der Waals surface area (Å²) in [5, 5.41) is 14.4. The van der Waals surface area contributed by atoms with Crippen molar-refractivity contribution in [1.82, 2.24) is 14.8 Å². The van der Waals surface area contributed by atoms with Gasteiger partial charge in [0.25, 0.3) is 5.91 Å². The Labute approximate surface area is 187 Å². The van der Waals surface area contributed by atoms with Crippen LogP contribution in [0.1, 0.15) is 47.9 Å². The maximum Gasteiger partial charge on any atom is 0.411 e.